The van der Waals surface area contributed by atoms with Gasteiger partial charge >= 0.3 is 5.97 Å². The van der Waals surface area contributed by atoms with Gasteiger partial charge < -0.3 is 14.2 Å². The Balaban J connectivity index is 1.72. The van der Waals surface area contributed by atoms with Crippen LogP contribution >= 0.6 is 0 Å². The molecule has 0 spiro atoms. The molecule has 1 aromatic carbocycles. The molecule has 3 saturated heterocycles. The third-order valence-corrected chi connectivity index (χ3v) is 7.03. The highest BCUT2D eigenvalue weighted by Gasteiger charge is 2.53. The van der Waals surface area contributed by atoms with E-state index in [0.29, 0.717) is 19.8 Å². The summed E-state index contributed by atoms with van der Waals surface area (Å²) in [4.78, 5) is 0. The van der Waals surface area contributed by atoms with E-state index >= 15 is 0 Å². The van der Waals surface area contributed by atoms with E-state index in [2.05, 4.69) is 38.1 Å². The van der Waals surface area contributed by atoms with E-state index in [1.807, 2.05) is 30.3 Å². The van der Waals surface area contributed by atoms with E-state index in [0.717, 1.165) is 30.0 Å². The van der Waals surface area contributed by atoms with Gasteiger partial charge in [0.1, 0.15) is 8.07 Å². The molecule has 3 fully saturated rings. The smallest absolute Gasteiger partial charge is 0.312 e. The second-order valence-electron chi connectivity index (χ2n) is 7.88. The molecule has 3 heterocycles. The van der Waals surface area contributed by atoms with Crippen LogP contribution in [0.4, 0.5) is 0 Å². The minimum Gasteiger partial charge on any atom is -0.323 e. The molecule has 4 rings (SSSR count). The maximum absolute atomic E-state index is 6.01. The SMILES string of the molecule is C=CC[Si](C)(C)C#Cc1ccc(C23OCC(CCC)(CO2)CO3)cc1. The number of allylic oxidation sites excluding steroid dienone is 1. The molecule has 3 nitrogen and oxygen atoms in total. The fourth-order valence-corrected chi connectivity index (χ4v) is 4.71. The standard InChI is InChI=1S/C21H28O3Si/c1-5-12-20-15-22-21(23-16-20,24-17-20)19-9-7-18(8-10-19)11-14-25(3,4)13-6-2/h6-10H,2,5,12-13,15-17H2,1,3-4H3. The summed E-state index contributed by atoms with van der Waals surface area (Å²) in [6.45, 7) is 12.6. The summed E-state index contributed by atoms with van der Waals surface area (Å²) in [5, 5.41) is 0. The zero-order valence-corrected chi connectivity index (χ0v) is 16.6. The highest BCUT2D eigenvalue weighted by Crippen LogP contribution is 2.46. The molecule has 0 atom stereocenters. The maximum Gasteiger partial charge on any atom is 0.312 e. The summed E-state index contributed by atoms with van der Waals surface area (Å²) in [5.74, 6) is 2.28. The van der Waals surface area contributed by atoms with E-state index in [4.69, 9.17) is 14.2 Å². The second-order valence-corrected chi connectivity index (χ2v) is 12.3. The lowest BCUT2D eigenvalue weighted by Crippen LogP contribution is -2.58. The van der Waals surface area contributed by atoms with Crippen LogP contribution in [-0.4, -0.2) is 27.9 Å². The normalized spacial score (nSPS) is 28.3. The fourth-order valence-electron chi connectivity index (χ4n) is 3.40. The van der Waals surface area contributed by atoms with Crippen molar-refractivity contribution in [1.82, 2.24) is 0 Å². The largest absolute Gasteiger partial charge is 0.323 e. The van der Waals surface area contributed by atoms with Gasteiger partial charge in [-0.15, -0.1) is 12.1 Å². The molecule has 0 saturated carbocycles. The number of hydrogen-bond acceptors (Lipinski definition) is 3. The first kappa shape index (κ1) is 18.4. The fraction of sp³-hybridized carbons (Fsp3) is 0.524. The molecule has 0 radical (unpaired) electrons. The van der Waals surface area contributed by atoms with Gasteiger partial charge in [-0.1, -0.05) is 38.4 Å². The van der Waals surface area contributed by atoms with Gasteiger partial charge in [0.05, 0.1) is 19.8 Å². The van der Waals surface area contributed by atoms with E-state index in [1.165, 1.54) is 0 Å². The molecule has 3 aliphatic heterocycles. The molecule has 0 unspecified atom stereocenters. The maximum atomic E-state index is 6.01. The summed E-state index contributed by atoms with van der Waals surface area (Å²) in [6.07, 6.45) is 4.16. The van der Waals surface area contributed by atoms with Crippen LogP contribution in [0.2, 0.25) is 19.1 Å². The molecular weight excluding hydrogens is 328 g/mol. The lowest BCUT2D eigenvalue weighted by molar-refractivity contribution is -0.480. The van der Waals surface area contributed by atoms with Crippen molar-refractivity contribution in [3.63, 3.8) is 0 Å². The van der Waals surface area contributed by atoms with E-state index in [9.17, 15) is 0 Å². The van der Waals surface area contributed by atoms with Crippen LogP contribution in [0, 0.1) is 16.9 Å². The van der Waals surface area contributed by atoms with Gasteiger partial charge in [-0.25, -0.2) is 0 Å². The minimum absolute atomic E-state index is 0.0310. The average Bonchev–Trinajstić information content (AvgIpc) is 2.62. The van der Waals surface area contributed by atoms with Crippen molar-refractivity contribution in [3.05, 3.63) is 48.0 Å². The van der Waals surface area contributed by atoms with Gasteiger partial charge in [-0.2, -0.15) is 0 Å². The third-order valence-electron chi connectivity index (χ3n) is 4.92. The van der Waals surface area contributed by atoms with Crippen molar-refractivity contribution in [3.8, 4) is 11.5 Å². The number of fused-ring (bicyclic) bond motifs is 3. The Labute approximate surface area is 152 Å². The third kappa shape index (κ3) is 3.90. The van der Waals surface area contributed by atoms with Gasteiger partial charge in [-0.05, 0) is 36.7 Å². The van der Waals surface area contributed by atoms with Gasteiger partial charge in [0.25, 0.3) is 0 Å². The molecule has 0 N–H and O–H groups in total. The van der Waals surface area contributed by atoms with E-state index < -0.39 is 14.0 Å². The van der Waals surface area contributed by atoms with Crippen LogP contribution < -0.4 is 0 Å². The number of rotatable bonds is 5. The predicted molar refractivity (Wildman–Crippen MR) is 103 cm³/mol. The summed E-state index contributed by atoms with van der Waals surface area (Å²) in [5.41, 5.74) is 5.40. The number of ether oxygens (including phenoxy) is 3. The molecule has 0 aliphatic carbocycles. The summed E-state index contributed by atoms with van der Waals surface area (Å²) >= 11 is 0. The van der Waals surface area contributed by atoms with Crippen LogP contribution in [0.15, 0.2) is 36.9 Å². The van der Waals surface area contributed by atoms with Crippen molar-refractivity contribution in [2.75, 3.05) is 19.8 Å². The van der Waals surface area contributed by atoms with Crippen LogP contribution in [0.1, 0.15) is 30.9 Å². The minimum atomic E-state index is -1.52. The second kappa shape index (κ2) is 7.09. The summed E-state index contributed by atoms with van der Waals surface area (Å²) in [7, 11) is -1.52. The zero-order valence-electron chi connectivity index (χ0n) is 15.6. The lowest BCUT2D eigenvalue weighted by atomic mass is 9.83. The molecule has 0 aromatic heterocycles. The highest BCUT2D eigenvalue weighted by atomic mass is 28.3. The average molecular weight is 357 g/mol. The molecule has 4 heteroatoms. The quantitative estimate of drug-likeness (QED) is 0.443. The topological polar surface area (TPSA) is 27.7 Å². The first-order valence-electron chi connectivity index (χ1n) is 9.09. The summed E-state index contributed by atoms with van der Waals surface area (Å²) in [6, 6.07) is 9.06. The van der Waals surface area contributed by atoms with Gasteiger partial charge in [-0.3, -0.25) is 0 Å². The van der Waals surface area contributed by atoms with Crippen LogP contribution in [0.3, 0.4) is 0 Å². The van der Waals surface area contributed by atoms with Crippen molar-refractivity contribution in [1.29, 1.82) is 0 Å². The molecule has 134 valence electrons. The molecule has 3 aliphatic rings. The van der Waals surface area contributed by atoms with Gasteiger partial charge in [0, 0.05) is 16.5 Å². The van der Waals surface area contributed by atoms with Crippen molar-refractivity contribution < 1.29 is 14.2 Å². The Morgan fingerprint density at radius 3 is 2.24 bits per heavy atom. The Morgan fingerprint density at radius 2 is 1.72 bits per heavy atom. The predicted octanol–water partition coefficient (Wildman–Crippen LogP) is 4.45. The van der Waals surface area contributed by atoms with Crippen LogP contribution in [0.5, 0.6) is 0 Å². The first-order valence-corrected chi connectivity index (χ1v) is 12.3. The Morgan fingerprint density at radius 1 is 1.12 bits per heavy atom. The number of benzene rings is 1. The van der Waals surface area contributed by atoms with E-state index in [1.54, 1.807) is 0 Å². The molecule has 25 heavy (non-hydrogen) atoms. The molecule has 0 amide bonds. The molecule has 1 aromatic rings. The van der Waals surface area contributed by atoms with Crippen LogP contribution in [0.25, 0.3) is 0 Å². The van der Waals surface area contributed by atoms with Crippen molar-refractivity contribution in [2.24, 2.45) is 5.41 Å². The van der Waals surface area contributed by atoms with Gasteiger partial charge in [0.15, 0.2) is 0 Å². The van der Waals surface area contributed by atoms with E-state index in [-0.39, 0.29) is 5.41 Å². The first-order chi connectivity index (χ1) is 11.9. The van der Waals surface area contributed by atoms with Gasteiger partial charge in [0.2, 0.25) is 0 Å². The molecular formula is C21H28O3Si. The zero-order chi connectivity index (χ0) is 18.0. The Kier molecular flexibility index (Phi) is 5.22. The lowest BCUT2D eigenvalue weighted by Gasteiger charge is -2.51. The van der Waals surface area contributed by atoms with Crippen molar-refractivity contribution >= 4 is 8.07 Å². The molecule has 2 bridgehead atoms. The Hall–Kier alpha value is -1.38. The van der Waals surface area contributed by atoms with Crippen LogP contribution in [-0.2, 0) is 20.2 Å². The highest BCUT2D eigenvalue weighted by molar-refractivity contribution is 6.85. The monoisotopic (exact) mass is 356 g/mol. The summed E-state index contributed by atoms with van der Waals surface area (Å²) < 4.78 is 18.0. The Bertz CT molecular complexity index is 657. The number of hydrogen-bond donors (Lipinski definition) is 0. The van der Waals surface area contributed by atoms with Crippen molar-refractivity contribution in [2.45, 2.75) is 44.9 Å².